The minimum Gasteiger partial charge on any atom is -0.369 e. The molecule has 2 aromatic rings. The maximum absolute atomic E-state index is 13.5. The van der Waals surface area contributed by atoms with Crippen molar-refractivity contribution in [2.75, 3.05) is 11.9 Å². The summed E-state index contributed by atoms with van der Waals surface area (Å²) in [7, 11) is 0. The Hall–Kier alpha value is -2.30. The van der Waals surface area contributed by atoms with Crippen molar-refractivity contribution >= 4 is 11.7 Å². The average molecular weight is 391 g/mol. The molecule has 5 saturated carbocycles. The molecular weight excluding hydrogens is 360 g/mol. The van der Waals surface area contributed by atoms with E-state index in [9.17, 15) is 4.79 Å². The Labute approximate surface area is 172 Å². The van der Waals surface area contributed by atoms with E-state index in [-0.39, 0.29) is 11.4 Å². The Bertz CT molecular complexity index is 879. The quantitative estimate of drug-likeness (QED) is 0.769. The fourth-order valence-corrected chi connectivity index (χ4v) is 6.58. The minimum atomic E-state index is 0.0223. The summed E-state index contributed by atoms with van der Waals surface area (Å²) in [6, 6.07) is 10.1. The smallest absolute Gasteiger partial charge is 0.257 e. The SMILES string of the molecule is O=C(NC12CC3CC(CC(C3)C1)C2)c1cnn(-c2ccccc2)c1NCC1CC1. The van der Waals surface area contributed by atoms with Gasteiger partial charge >= 0.3 is 0 Å². The molecule has 29 heavy (non-hydrogen) atoms. The van der Waals surface area contributed by atoms with Crippen LogP contribution in [0.5, 0.6) is 0 Å². The molecule has 152 valence electrons. The molecule has 0 radical (unpaired) electrons. The van der Waals surface area contributed by atoms with Crippen LogP contribution in [0, 0.1) is 23.7 Å². The van der Waals surface area contributed by atoms with Crippen LogP contribution in [0.1, 0.15) is 61.7 Å². The summed E-state index contributed by atoms with van der Waals surface area (Å²) in [6.45, 7) is 0.913. The van der Waals surface area contributed by atoms with Crippen molar-refractivity contribution in [1.29, 1.82) is 0 Å². The highest BCUT2D eigenvalue weighted by Gasteiger charge is 2.51. The predicted octanol–water partition coefficient (Wildman–Crippen LogP) is 4.39. The van der Waals surface area contributed by atoms with Gasteiger partial charge in [0.25, 0.3) is 5.91 Å². The summed E-state index contributed by atoms with van der Waals surface area (Å²) in [6.07, 6.45) is 12.0. The molecule has 1 heterocycles. The molecule has 1 aromatic carbocycles. The summed E-state index contributed by atoms with van der Waals surface area (Å²) in [5, 5.41) is 11.7. The Balaban J connectivity index is 1.28. The second kappa shape index (κ2) is 6.61. The number of aromatic nitrogens is 2. The van der Waals surface area contributed by atoms with E-state index in [2.05, 4.69) is 15.7 Å². The first kappa shape index (κ1) is 17.5. The van der Waals surface area contributed by atoms with Gasteiger partial charge in [-0.2, -0.15) is 5.10 Å². The van der Waals surface area contributed by atoms with E-state index >= 15 is 0 Å². The van der Waals surface area contributed by atoms with Crippen molar-refractivity contribution in [1.82, 2.24) is 15.1 Å². The lowest BCUT2D eigenvalue weighted by molar-refractivity contribution is -0.0166. The largest absolute Gasteiger partial charge is 0.369 e. The second-order valence-corrected chi connectivity index (χ2v) is 10.1. The number of carbonyl (C=O) groups excluding carboxylic acids is 1. The molecule has 1 amide bonds. The zero-order valence-corrected chi connectivity index (χ0v) is 16.9. The molecule has 7 rings (SSSR count). The number of amides is 1. The van der Waals surface area contributed by atoms with E-state index in [1.807, 2.05) is 35.0 Å². The number of anilines is 1. The van der Waals surface area contributed by atoms with Crippen LogP contribution >= 0.6 is 0 Å². The monoisotopic (exact) mass is 390 g/mol. The second-order valence-electron chi connectivity index (χ2n) is 10.1. The maximum Gasteiger partial charge on any atom is 0.257 e. The van der Waals surface area contributed by atoms with Crippen molar-refractivity contribution in [2.45, 2.75) is 56.9 Å². The lowest BCUT2D eigenvalue weighted by atomic mass is 9.53. The molecular formula is C24H30N4O. The molecule has 0 saturated heterocycles. The van der Waals surface area contributed by atoms with Gasteiger partial charge in [-0.1, -0.05) is 18.2 Å². The third-order valence-electron chi connectivity index (χ3n) is 7.69. The minimum absolute atomic E-state index is 0.0223. The van der Waals surface area contributed by atoms with E-state index in [1.54, 1.807) is 6.20 Å². The van der Waals surface area contributed by atoms with Gasteiger partial charge < -0.3 is 10.6 Å². The van der Waals surface area contributed by atoms with Crippen LogP contribution in [0.3, 0.4) is 0 Å². The van der Waals surface area contributed by atoms with Gasteiger partial charge in [0.2, 0.25) is 0 Å². The molecule has 5 aliphatic rings. The number of rotatable bonds is 6. The van der Waals surface area contributed by atoms with Crippen molar-refractivity contribution in [3.8, 4) is 5.69 Å². The number of para-hydroxylation sites is 1. The molecule has 5 heteroatoms. The summed E-state index contributed by atoms with van der Waals surface area (Å²) in [5.74, 6) is 4.08. The molecule has 5 fully saturated rings. The van der Waals surface area contributed by atoms with Gasteiger partial charge in [0.05, 0.1) is 11.9 Å². The fourth-order valence-electron chi connectivity index (χ4n) is 6.58. The van der Waals surface area contributed by atoms with Crippen LogP contribution in [0.15, 0.2) is 36.5 Å². The maximum atomic E-state index is 13.5. The van der Waals surface area contributed by atoms with Gasteiger partial charge in [-0.05, 0) is 87.2 Å². The molecule has 5 aliphatic carbocycles. The molecule has 0 aliphatic heterocycles. The number of benzene rings is 1. The third kappa shape index (κ3) is 3.24. The van der Waals surface area contributed by atoms with Crippen LogP contribution in [-0.2, 0) is 0 Å². The molecule has 0 unspecified atom stereocenters. The normalized spacial score (nSPS) is 32.3. The van der Waals surface area contributed by atoms with E-state index in [0.717, 1.165) is 41.7 Å². The van der Waals surface area contributed by atoms with Crippen molar-refractivity contribution in [2.24, 2.45) is 23.7 Å². The van der Waals surface area contributed by atoms with E-state index in [1.165, 1.54) is 51.4 Å². The van der Waals surface area contributed by atoms with E-state index < -0.39 is 0 Å². The molecule has 0 spiro atoms. The summed E-state index contributed by atoms with van der Waals surface area (Å²) in [5.41, 5.74) is 1.69. The van der Waals surface area contributed by atoms with E-state index in [0.29, 0.717) is 5.56 Å². The number of hydrogen-bond donors (Lipinski definition) is 2. The van der Waals surface area contributed by atoms with Crippen LogP contribution in [0.2, 0.25) is 0 Å². The lowest BCUT2D eigenvalue weighted by Crippen LogP contribution is -2.59. The van der Waals surface area contributed by atoms with Gasteiger partial charge in [0.15, 0.2) is 0 Å². The number of nitrogens with one attached hydrogen (secondary N) is 2. The highest BCUT2D eigenvalue weighted by molar-refractivity contribution is 5.99. The average Bonchev–Trinajstić information content (AvgIpc) is 3.42. The van der Waals surface area contributed by atoms with Crippen molar-refractivity contribution in [3.63, 3.8) is 0 Å². The van der Waals surface area contributed by atoms with Gasteiger partial charge in [0.1, 0.15) is 11.4 Å². The van der Waals surface area contributed by atoms with Gasteiger partial charge in [-0.3, -0.25) is 4.79 Å². The number of nitrogens with zero attached hydrogens (tertiary/aromatic N) is 2. The number of hydrogen-bond acceptors (Lipinski definition) is 3. The van der Waals surface area contributed by atoms with Crippen molar-refractivity contribution in [3.05, 3.63) is 42.1 Å². The van der Waals surface area contributed by atoms with Crippen LogP contribution in [0.25, 0.3) is 5.69 Å². The Morgan fingerprint density at radius 3 is 2.31 bits per heavy atom. The molecule has 4 bridgehead atoms. The zero-order chi connectivity index (χ0) is 19.4. The summed E-state index contributed by atoms with van der Waals surface area (Å²) >= 11 is 0. The standard InChI is InChI=1S/C24H30N4O/c29-23(27-24-11-17-8-18(12-24)10-19(9-17)13-24)21-15-26-28(20-4-2-1-3-5-20)22(21)25-14-16-6-7-16/h1-5,15-19,25H,6-14H2,(H,27,29). The zero-order valence-electron chi connectivity index (χ0n) is 16.9. The Kier molecular flexibility index (Phi) is 4.00. The lowest BCUT2D eigenvalue weighted by Gasteiger charge is -2.56. The first-order chi connectivity index (χ1) is 14.2. The van der Waals surface area contributed by atoms with Crippen LogP contribution in [0.4, 0.5) is 5.82 Å². The molecule has 5 nitrogen and oxygen atoms in total. The number of carbonyl (C=O) groups is 1. The molecule has 1 aromatic heterocycles. The summed E-state index contributed by atoms with van der Waals surface area (Å²) in [4.78, 5) is 13.5. The highest BCUT2D eigenvalue weighted by atomic mass is 16.1. The molecule has 2 N–H and O–H groups in total. The van der Waals surface area contributed by atoms with Crippen molar-refractivity contribution < 1.29 is 4.79 Å². The fraction of sp³-hybridized carbons (Fsp3) is 0.583. The Morgan fingerprint density at radius 1 is 1.03 bits per heavy atom. The first-order valence-electron chi connectivity index (χ1n) is 11.4. The highest BCUT2D eigenvalue weighted by Crippen LogP contribution is 2.55. The van der Waals surface area contributed by atoms with Gasteiger partial charge in [0, 0.05) is 12.1 Å². The third-order valence-corrected chi connectivity index (χ3v) is 7.69. The molecule has 0 atom stereocenters. The topological polar surface area (TPSA) is 59.0 Å². The Morgan fingerprint density at radius 2 is 1.69 bits per heavy atom. The van der Waals surface area contributed by atoms with Crippen LogP contribution < -0.4 is 10.6 Å². The summed E-state index contributed by atoms with van der Waals surface area (Å²) < 4.78 is 1.89. The first-order valence-corrected chi connectivity index (χ1v) is 11.4. The predicted molar refractivity (Wildman–Crippen MR) is 113 cm³/mol. The van der Waals surface area contributed by atoms with E-state index in [4.69, 9.17) is 0 Å². The van der Waals surface area contributed by atoms with Gasteiger partial charge in [-0.25, -0.2) is 4.68 Å². The van der Waals surface area contributed by atoms with Crippen LogP contribution in [-0.4, -0.2) is 27.8 Å². The van der Waals surface area contributed by atoms with Gasteiger partial charge in [-0.15, -0.1) is 0 Å².